The van der Waals surface area contributed by atoms with E-state index in [0.717, 1.165) is 11.1 Å². The second-order valence-corrected chi connectivity index (χ2v) is 6.96. The van der Waals surface area contributed by atoms with Crippen LogP contribution in [0.2, 0.25) is 0 Å². The molecule has 0 aromatic heterocycles. The van der Waals surface area contributed by atoms with Gasteiger partial charge >= 0.3 is 11.9 Å². The van der Waals surface area contributed by atoms with Gasteiger partial charge in [-0.15, -0.1) is 0 Å². The molecule has 2 aliphatic carbocycles. The first-order chi connectivity index (χ1) is 11.8. The summed E-state index contributed by atoms with van der Waals surface area (Å²) in [6.45, 7) is 11.0. The van der Waals surface area contributed by atoms with Crippen LogP contribution in [0, 0.1) is 11.8 Å². The van der Waals surface area contributed by atoms with Crippen LogP contribution in [0.5, 0.6) is 0 Å². The average molecular weight is 342 g/mol. The molecule has 3 aliphatic rings. The summed E-state index contributed by atoms with van der Waals surface area (Å²) in [7, 11) is 0. The molecule has 1 saturated heterocycles. The summed E-state index contributed by atoms with van der Waals surface area (Å²) in [6.07, 6.45) is 2.53. The maximum atomic E-state index is 12.4. The smallest absolute Gasteiger partial charge is 0.334 e. The fraction of sp³-hybridized carbons (Fsp3) is 0.450. The fourth-order valence-corrected chi connectivity index (χ4v) is 3.97. The maximum absolute atomic E-state index is 12.4. The molecule has 1 fully saturated rings. The first-order valence-corrected chi connectivity index (χ1v) is 8.42. The Balaban J connectivity index is 2.04. The Hall–Kier alpha value is -2.43. The second-order valence-electron chi connectivity index (χ2n) is 6.96. The van der Waals surface area contributed by atoms with Gasteiger partial charge in [-0.2, -0.15) is 0 Å². The molecule has 3 rings (SSSR count). The minimum absolute atomic E-state index is 0.0519. The molecule has 25 heavy (non-hydrogen) atoms. The molecule has 0 radical (unpaired) electrons. The third kappa shape index (κ3) is 2.68. The minimum atomic E-state index is -0.579. The largest absolute Gasteiger partial charge is 0.458 e. The molecular weight excluding hydrogens is 320 g/mol. The van der Waals surface area contributed by atoms with Gasteiger partial charge in [-0.3, -0.25) is 4.79 Å². The highest BCUT2D eigenvalue weighted by Crippen LogP contribution is 2.48. The highest BCUT2D eigenvalue weighted by Gasteiger charge is 2.53. The highest BCUT2D eigenvalue weighted by molar-refractivity contribution is 6.09. The van der Waals surface area contributed by atoms with Gasteiger partial charge in [0.2, 0.25) is 0 Å². The van der Waals surface area contributed by atoms with Gasteiger partial charge in [0.25, 0.3) is 0 Å². The van der Waals surface area contributed by atoms with E-state index in [9.17, 15) is 14.4 Å². The van der Waals surface area contributed by atoms with Gasteiger partial charge in [0.05, 0.1) is 5.92 Å². The standard InChI is InChI=1S/C20H22O5/c1-6-9(2)19(22)24-14-8-11(4)15-13(21)7-10(3)16(15)18-17(14)12(5)20(23)25-18/h6-7,14,16-18H,5,8H2,1-4H3/b9-6-/t14-,16+,17+,18+/m1/s1. The van der Waals surface area contributed by atoms with Crippen molar-refractivity contribution in [3.63, 3.8) is 0 Å². The van der Waals surface area contributed by atoms with E-state index in [-0.39, 0.29) is 11.7 Å². The van der Waals surface area contributed by atoms with Gasteiger partial charge in [0.1, 0.15) is 12.2 Å². The van der Waals surface area contributed by atoms with Crippen LogP contribution in [0.1, 0.15) is 34.1 Å². The molecule has 132 valence electrons. The van der Waals surface area contributed by atoms with Crippen molar-refractivity contribution in [3.05, 3.63) is 46.6 Å². The van der Waals surface area contributed by atoms with Crippen molar-refractivity contribution in [2.75, 3.05) is 0 Å². The molecule has 0 aromatic carbocycles. The normalized spacial score (nSPS) is 32.1. The van der Waals surface area contributed by atoms with Gasteiger partial charge in [0.15, 0.2) is 5.78 Å². The first-order valence-electron chi connectivity index (χ1n) is 8.42. The van der Waals surface area contributed by atoms with Crippen molar-refractivity contribution in [1.82, 2.24) is 0 Å². The quantitative estimate of drug-likeness (QED) is 0.570. The Morgan fingerprint density at radius 1 is 1.36 bits per heavy atom. The third-order valence-electron chi connectivity index (χ3n) is 5.40. The van der Waals surface area contributed by atoms with Crippen LogP contribution in [0.25, 0.3) is 0 Å². The zero-order chi connectivity index (χ0) is 18.5. The van der Waals surface area contributed by atoms with Crippen molar-refractivity contribution in [2.24, 2.45) is 11.8 Å². The van der Waals surface area contributed by atoms with Crippen molar-refractivity contribution in [1.29, 1.82) is 0 Å². The van der Waals surface area contributed by atoms with Crippen molar-refractivity contribution >= 4 is 17.7 Å². The highest BCUT2D eigenvalue weighted by atomic mass is 16.6. The van der Waals surface area contributed by atoms with Crippen LogP contribution in [0.3, 0.4) is 0 Å². The van der Waals surface area contributed by atoms with Crippen LogP contribution in [0.4, 0.5) is 0 Å². The number of carbonyl (C=O) groups is 3. The minimum Gasteiger partial charge on any atom is -0.458 e. The molecule has 0 amide bonds. The lowest BCUT2D eigenvalue weighted by Crippen LogP contribution is -2.36. The summed E-state index contributed by atoms with van der Waals surface area (Å²) >= 11 is 0. The third-order valence-corrected chi connectivity index (χ3v) is 5.40. The van der Waals surface area contributed by atoms with Crippen molar-refractivity contribution in [2.45, 2.75) is 46.3 Å². The zero-order valence-electron chi connectivity index (χ0n) is 14.9. The van der Waals surface area contributed by atoms with Gasteiger partial charge in [-0.05, 0) is 33.8 Å². The Bertz CT molecular complexity index is 780. The molecule has 5 heteroatoms. The fourth-order valence-electron chi connectivity index (χ4n) is 3.97. The molecule has 0 aromatic rings. The van der Waals surface area contributed by atoms with Crippen LogP contribution in [0.15, 0.2) is 46.6 Å². The lowest BCUT2D eigenvalue weighted by molar-refractivity contribution is -0.148. The number of hydrogen-bond donors (Lipinski definition) is 0. The summed E-state index contributed by atoms with van der Waals surface area (Å²) in [5.41, 5.74) is 3.21. The molecule has 1 aliphatic heterocycles. The monoisotopic (exact) mass is 342 g/mol. The van der Waals surface area contributed by atoms with Crippen LogP contribution in [-0.4, -0.2) is 29.9 Å². The summed E-state index contributed by atoms with van der Waals surface area (Å²) in [4.78, 5) is 36.8. The Morgan fingerprint density at radius 2 is 2.04 bits per heavy atom. The summed E-state index contributed by atoms with van der Waals surface area (Å²) in [5.74, 6) is -1.70. The van der Waals surface area contributed by atoms with Gasteiger partial charge in [-0.1, -0.05) is 23.8 Å². The molecule has 0 N–H and O–H groups in total. The Kier molecular flexibility index (Phi) is 4.27. The van der Waals surface area contributed by atoms with Gasteiger partial charge in [-0.25, -0.2) is 9.59 Å². The van der Waals surface area contributed by atoms with Gasteiger partial charge in [0, 0.05) is 29.1 Å². The Morgan fingerprint density at radius 3 is 2.68 bits per heavy atom. The zero-order valence-corrected chi connectivity index (χ0v) is 14.9. The van der Waals surface area contributed by atoms with E-state index in [4.69, 9.17) is 9.47 Å². The number of esters is 2. The predicted molar refractivity (Wildman–Crippen MR) is 91.4 cm³/mol. The lowest BCUT2D eigenvalue weighted by Gasteiger charge is -2.28. The van der Waals surface area contributed by atoms with E-state index in [1.165, 1.54) is 0 Å². The topological polar surface area (TPSA) is 69.7 Å². The first kappa shape index (κ1) is 17.4. The second kappa shape index (κ2) is 6.14. The van der Waals surface area contributed by atoms with Crippen molar-refractivity contribution in [3.8, 4) is 0 Å². The average Bonchev–Trinajstić information content (AvgIpc) is 2.96. The molecule has 0 unspecified atom stereocenters. The van der Waals surface area contributed by atoms with E-state index in [0.29, 0.717) is 23.1 Å². The molecule has 1 heterocycles. The molecular formula is C20H22O5. The van der Waals surface area contributed by atoms with E-state index in [2.05, 4.69) is 6.58 Å². The van der Waals surface area contributed by atoms with E-state index < -0.39 is 30.1 Å². The molecule has 0 spiro atoms. The molecule has 0 bridgehead atoms. The number of carbonyl (C=O) groups excluding carboxylic acids is 3. The number of ether oxygens (including phenoxy) is 2. The SMILES string of the molecule is C=C1C(=O)O[C@H]2[C@H]3C(C)=CC(=O)C3=C(C)C[C@@H](OC(=O)/C(C)=C\C)[C@H]12. The van der Waals surface area contributed by atoms with Gasteiger partial charge < -0.3 is 9.47 Å². The lowest BCUT2D eigenvalue weighted by atomic mass is 9.82. The number of ketones is 1. The summed E-state index contributed by atoms with van der Waals surface area (Å²) in [5, 5.41) is 0. The van der Waals surface area contributed by atoms with Crippen LogP contribution >= 0.6 is 0 Å². The molecule has 4 atom stereocenters. The number of hydrogen-bond acceptors (Lipinski definition) is 5. The van der Waals surface area contributed by atoms with Crippen LogP contribution in [-0.2, 0) is 23.9 Å². The molecule has 0 saturated carbocycles. The number of rotatable bonds is 2. The Labute approximate surface area is 147 Å². The summed E-state index contributed by atoms with van der Waals surface area (Å²) in [6, 6.07) is 0. The molecule has 5 nitrogen and oxygen atoms in total. The maximum Gasteiger partial charge on any atom is 0.334 e. The summed E-state index contributed by atoms with van der Waals surface area (Å²) < 4.78 is 11.3. The van der Waals surface area contributed by atoms with Crippen molar-refractivity contribution < 1.29 is 23.9 Å². The van der Waals surface area contributed by atoms with E-state index in [1.807, 2.05) is 13.8 Å². The van der Waals surface area contributed by atoms with Crippen LogP contribution < -0.4 is 0 Å². The number of allylic oxidation sites excluding steroid dienone is 2. The number of fused-ring (bicyclic) bond motifs is 3. The van der Waals surface area contributed by atoms with E-state index >= 15 is 0 Å². The van der Waals surface area contributed by atoms with E-state index in [1.54, 1.807) is 26.0 Å². The predicted octanol–water partition coefficient (Wildman–Crippen LogP) is 2.83.